The summed E-state index contributed by atoms with van der Waals surface area (Å²) in [5, 5.41) is 13.7. The summed E-state index contributed by atoms with van der Waals surface area (Å²) in [6, 6.07) is 14.3. The van der Waals surface area contributed by atoms with E-state index in [0.29, 0.717) is 12.1 Å². The molecular formula is C23H24N4O. The fourth-order valence-corrected chi connectivity index (χ4v) is 4.04. The Balaban J connectivity index is 1.76. The van der Waals surface area contributed by atoms with E-state index in [0.717, 1.165) is 35.9 Å². The summed E-state index contributed by atoms with van der Waals surface area (Å²) in [7, 11) is 0. The van der Waals surface area contributed by atoms with Gasteiger partial charge >= 0.3 is 0 Å². The lowest BCUT2D eigenvalue weighted by Gasteiger charge is -2.26. The van der Waals surface area contributed by atoms with E-state index in [9.17, 15) is 10.1 Å². The Morgan fingerprint density at radius 2 is 2.21 bits per heavy atom. The van der Waals surface area contributed by atoms with Gasteiger partial charge in [0, 0.05) is 34.8 Å². The number of nitrogens with one attached hydrogen (secondary N) is 1. The van der Waals surface area contributed by atoms with Crippen molar-refractivity contribution in [1.82, 2.24) is 14.9 Å². The van der Waals surface area contributed by atoms with Crippen LogP contribution in [0.2, 0.25) is 0 Å². The molecule has 1 atom stereocenters. The number of fused-ring (bicyclic) bond motifs is 3. The van der Waals surface area contributed by atoms with Gasteiger partial charge in [0.2, 0.25) is 5.91 Å². The van der Waals surface area contributed by atoms with E-state index in [4.69, 9.17) is 0 Å². The third kappa shape index (κ3) is 3.38. The quantitative estimate of drug-likeness (QED) is 0.761. The zero-order chi connectivity index (χ0) is 19.7. The van der Waals surface area contributed by atoms with Crippen LogP contribution in [0, 0.1) is 17.2 Å². The van der Waals surface area contributed by atoms with Gasteiger partial charge in [-0.05, 0) is 55.2 Å². The van der Waals surface area contributed by atoms with E-state index >= 15 is 0 Å². The van der Waals surface area contributed by atoms with Crippen molar-refractivity contribution in [2.45, 2.75) is 45.7 Å². The second kappa shape index (κ2) is 7.47. The lowest BCUT2D eigenvalue weighted by molar-refractivity contribution is -0.124. The van der Waals surface area contributed by atoms with Crippen LogP contribution in [0.4, 0.5) is 0 Å². The summed E-state index contributed by atoms with van der Waals surface area (Å²) < 4.78 is 2.33. The molecule has 0 saturated heterocycles. The fraction of sp³-hybridized carbons (Fsp3) is 0.348. The van der Waals surface area contributed by atoms with Crippen LogP contribution in [0.25, 0.3) is 10.9 Å². The van der Waals surface area contributed by atoms with Gasteiger partial charge in [-0.1, -0.05) is 19.9 Å². The van der Waals surface area contributed by atoms with E-state index in [-0.39, 0.29) is 17.9 Å². The molecule has 1 aliphatic carbocycles. The number of nitrogens with zero attached hydrogens (tertiary/aromatic N) is 3. The zero-order valence-electron chi connectivity index (χ0n) is 16.3. The minimum atomic E-state index is -0.0166. The zero-order valence-corrected chi connectivity index (χ0v) is 16.3. The number of aromatic nitrogens is 2. The van der Waals surface area contributed by atoms with Crippen molar-refractivity contribution in [2.24, 2.45) is 5.92 Å². The molecule has 3 aromatic rings. The topological polar surface area (TPSA) is 70.7 Å². The Bertz CT molecular complexity index is 1060. The van der Waals surface area contributed by atoms with E-state index in [2.05, 4.69) is 20.9 Å². The molecule has 0 saturated carbocycles. The van der Waals surface area contributed by atoms with Crippen molar-refractivity contribution in [2.75, 3.05) is 0 Å². The number of rotatable bonds is 4. The van der Waals surface area contributed by atoms with Gasteiger partial charge in [-0.2, -0.15) is 5.26 Å². The second-order valence-corrected chi connectivity index (χ2v) is 7.78. The van der Waals surface area contributed by atoms with Crippen LogP contribution < -0.4 is 5.32 Å². The minimum absolute atomic E-state index is 0.0166. The van der Waals surface area contributed by atoms with Gasteiger partial charge in [-0.15, -0.1) is 0 Å². The fourth-order valence-electron chi connectivity index (χ4n) is 4.04. The summed E-state index contributed by atoms with van der Waals surface area (Å²) in [6.07, 6.45) is 4.45. The normalized spacial score (nSPS) is 16.0. The van der Waals surface area contributed by atoms with Gasteiger partial charge in [0.05, 0.1) is 23.9 Å². The number of hydrogen-bond acceptors (Lipinski definition) is 3. The van der Waals surface area contributed by atoms with Crippen LogP contribution in [0.15, 0.2) is 42.6 Å². The molecule has 0 radical (unpaired) electrons. The van der Waals surface area contributed by atoms with Crippen molar-refractivity contribution >= 4 is 16.8 Å². The molecule has 0 fully saturated rings. The van der Waals surface area contributed by atoms with E-state index in [1.807, 2.05) is 56.4 Å². The molecule has 142 valence electrons. The van der Waals surface area contributed by atoms with Crippen molar-refractivity contribution in [1.29, 1.82) is 5.26 Å². The number of hydrogen-bond donors (Lipinski definition) is 1. The standard InChI is InChI=1S/C23H24N4O/c1-15(2)23(28)26-17-7-9-22-20(12-17)19-11-16(13-24)6-8-21(19)27(22)14-18-5-3-4-10-25-18/h3-6,8,10-11,15,17H,7,9,12,14H2,1-2H3,(H,26,28)/t17-/m0/s1. The number of nitriles is 1. The van der Waals surface area contributed by atoms with Crippen molar-refractivity contribution in [3.63, 3.8) is 0 Å². The molecule has 1 N–H and O–H groups in total. The van der Waals surface area contributed by atoms with Crippen molar-refractivity contribution in [3.05, 3.63) is 65.1 Å². The molecular weight excluding hydrogens is 348 g/mol. The van der Waals surface area contributed by atoms with Gasteiger partial charge in [-0.25, -0.2) is 0 Å². The Kier molecular flexibility index (Phi) is 4.87. The smallest absolute Gasteiger partial charge is 0.222 e. The Hall–Kier alpha value is -3.13. The average Bonchev–Trinajstić information content (AvgIpc) is 3.01. The van der Waals surface area contributed by atoms with Crippen LogP contribution in [-0.2, 0) is 24.2 Å². The summed E-state index contributed by atoms with van der Waals surface area (Å²) in [5.74, 6) is 0.0838. The molecule has 5 heteroatoms. The molecule has 4 rings (SSSR count). The summed E-state index contributed by atoms with van der Waals surface area (Å²) in [6.45, 7) is 4.55. The van der Waals surface area contributed by atoms with Crippen molar-refractivity contribution < 1.29 is 4.79 Å². The van der Waals surface area contributed by atoms with Crippen LogP contribution in [-0.4, -0.2) is 21.5 Å². The Morgan fingerprint density at radius 1 is 1.36 bits per heavy atom. The largest absolute Gasteiger partial charge is 0.353 e. The SMILES string of the molecule is CC(C)C(=O)N[C@H]1CCc2c(c3cc(C#N)ccc3n2Cc2ccccn2)C1. The monoisotopic (exact) mass is 372 g/mol. The molecule has 5 nitrogen and oxygen atoms in total. The van der Waals surface area contributed by atoms with Crippen LogP contribution in [0.1, 0.15) is 42.8 Å². The molecule has 1 amide bonds. The van der Waals surface area contributed by atoms with Gasteiger partial charge in [-0.3, -0.25) is 9.78 Å². The molecule has 1 aliphatic rings. The maximum atomic E-state index is 12.2. The van der Waals surface area contributed by atoms with E-state index < -0.39 is 0 Å². The van der Waals surface area contributed by atoms with Crippen molar-refractivity contribution in [3.8, 4) is 6.07 Å². The van der Waals surface area contributed by atoms with Gasteiger partial charge in [0.25, 0.3) is 0 Å². The molecule has 0 bridgehead atoms. The first-order valence-electron chi connectivity index (χ1n) is 9.81. The van der Waals surface area contributed by atoms with Crippen LogP contribution >= 0.6 is 0 Å². The maximum Gasteiger partial charge on any atom is 0.222 e. The van der Waals surface area contributed by atoms with Crippen LogP contribution in [0.5, 0.6) is 0 Å². The highest BCUT2D eigenvalue weighted by Gasteiger charge is 2.27. The number of carbonyl (C=O) groups excluding carboxylic acids is 1. The second-order valence-electron chi connectivity index (χ2n) is 7.78. The lowest BCUT2D eigenvalue weighted by Crippen LogP contribution is -2.41. The predicted octanol–water partition coefficient (Wildman–Crippen LogP) is 3.59. The number of benzene rings is 1. The third-order valence-electron chi connectivity index (χ3n) is 5.51. The Morgan fingerprint density at radius 3 is 2.93 bits per heavy atom. The summed E-state index contributed by atoms with van der Waals surface area (Å²) >= 11 is 0. The molecule has 1 aromatic carbocycles. The average molecular weight is 372 g/mol. The first-order chi connectivity index (χ1) is 13.6. The molecule has 28 heavy (non-hydrogen) atoms. The Labute approximate surface area is 165 Å². The van der Waals surface area contributed by atoms with E-state index in [1.54, 1.807) is 0 Å². The molecule has 0 unspecified atom stereocenters. The first kappa shape index (κ1) is 18.2. The number of amides is 1. The van der Waals surface area contributed by atoms with Gasteiger partial charge < -0.3 is 9.88 Å². The van der Waals surface area contributed by atoms with E-state index in [1.165, 1.54) is 11.3 Å². The van der Waals surface area contributed by atoms with Gasteiger partial charge in [0.1, 0.15) is 0 Å². The summed E-state index contributed by atoms with van der Waals surface area (Å²) in [5.41, 5.74) is 5.36. The highest BCUT2D eigenvalue weighted by atomic mass is 16.1. The minimum Gasteiger partial charge on any atom is -0.353 e. The molecule has 2 heterocycles. The summed E-state index contributed by atoms with van der Waals surface area (Å²) in [4.78, 5) is 16.7. The number of pyridine rings is 1. The lowest BCUT2D eigenvalue weighted by atomic mass is 9.90. The first-order valence-corrected chi connectivity index (χ1v) is 9.81. The molecule has 0 spiro atoms. The maximum absolute atomic E-state index is 12.2. The van der Waals surface area contributed by atoms with Gasteiger partial charge in [0.15, 0.2) is 0 Å². The predicted molar refractivity (Wildman–Crippen MR) is 109 cm³/mol. The number of carbonyl (C=O) groups is 1. The third-order valence-corrected chi connectivity index (χ3v) is 5.51. The highest BCUT2D eigenvalue weighted by Crippen LogP contribution is 2.33. The highest BCUT2D eigenvalue weighted by molar-refractivity contribution is 5.87. The molecule has 0 aliphatic heterocycles. The molecule has 2 aromatic heterocycles. The van der Waals surface area contributed by atoms with Crippen LogP contribution in [0.3, 0.4) is 0 Å².